The second-order valence-electron chi connectivity index (χ2n) is 6.53. The van der Waals surface area contributed by atoms with Crippen LogP contribution in [0.4, 0.5) is 0 Å². The smallest absolute Gasteiger partial charge is 0.335 e. The Bertz CT molecular complexity index is 1070. The van der Waals surface area contributed by atoms with Crippen molar-refractivity contribution in [2.45, 2.75) is 13.5 Å². The average Bonchev–Trinajstić information content (AvgIpc) is 3.01. The van der Waals surface area contributed by atoms with Crippen LogP contribution in [0.15, 0.2) is 46.3 Å². The molecule has 0 bridgehead atoms. The summed E-state index contributed by atoms with van der Waals surface area (Å²) in [6, 6.07) is 10.3. The molecular weight excluding hydrogens is 531 g/mol. The van der Waals surface area contributed by atoms with E-state index in [1.54, 1.807) is 38.4 Å². The van der Waals surface area contributed by atoms with Crippen molar-refractivity contribution in [2.75, 3.05) is 20.7 Å². The molecule has 31 heavy (non-hydrogen) atoms. The highest BCUT2D eigenvalue weighted by Gasteiger charge is 2.29. The van der Waals surface area contributed by atoms with E-state index in [-0.39, 0.29) is 18.1 Å². The number of carbonyl (C=O) groups excluding carboxylic acids is 1. The SMILES string of the molecule is CCOc1cc(/C=C2/SC(=NC)N(C)C2=O)cc(I)c1OCc1ccc(C(=O)O)cc1. The molecule has 9 heteroatoms. The van der Waals surface area contributed by atoms with E-state index >= 15 is 0 Å². The highest BCUT2D eigenvalue weighted by molar-refractivity contribution is 14.1. The van der Waals surface area contributed by atoms with Crippen molar-refractivity contribution < 1.29 is 24.2 Å². The maximum absolute atomic E-state index is 12.4. The lowest BCUT2D eigenvalue weighted by molar-refractivity contribution is -0.121. The molecule has 0 radical (unpaired) electrons. The minimum Gasteiger partial charge on any atom is -0.490 e. The molecule has 1 amide bonds. The monoisotopic (exact) mass is 552 g/mol. The number of nitrogens with zero attached hydrogens (tertiary/aromatic N) is 2. The summed E-state index contributed by atoms with van der Waals surface area (Å²) in [7, 11) is 3.36. The number of benzene rings is 2. The number of aliphatic imine (C=N–C) groups is 1. The molecule has 7 nitrogen and oxygen atoms in total. The van der Waals surface area contributed by atoms with Gasteiger partial charge in [-0.2, -0.15) is 0 Å². The van der Waals surface area contributed by atoms with E-state index in [1.165, 1.54) is 16.7 Å². The van der Waals surface area contributed by atoms with Crippen LogP contribution in [0.2, 0.25) is 0 Å². The second-order valence-corrected chi connectivity index (χ2v) is 8.71. The van der Waals surface area contributed by atoms with Gasteiger partial charge in [-0.1, -0.05) is 12.1 Å². The minimum absolute atomic E-state index is 0.0938. The number of hydrogen-bond acceptors (Lipinski definition) is 6. The van der Waals surface area contributed by atoms with Crippen molar-refractivity contribution in [1.82, 2.24) is 4.90 Å². The molecule has 162 valence electrons. The zero-order valence-corrected chi connectivity index (χ0v) is 20.2. The van der Waals surface area contributed by atoms with E-state index in [1.807, 2.05) is 25.1 Å². The minimum atomic E-state index is -0.965. The van der Waals surface area contributed by atoms with Gasteiger partial charge >= 0.3 is 5.97 Å². The predicted molar refractivity (Wildman–Crippen MR) is 130 cm³/mol. The molecule has 1 aliphatic heterocycles. The van der Waals surface area contributed by atoms with Crippen molar-refractivity contribution in [2.24, 2.45) is 4.99 Å². The van der Waals surface area contributed by atoms with Crippen molar-refractivity contribution >= 4 is 57.5 Å². The highest BCUT2D eigenvalue weighted by atomic mass is 127. The van der Waals surface area contributed by atoms with Crippen molar-refractivity contribution in [3.8, 4) is 11.5 Å². The zero-order chi connectivity index (χ0) is 22.5. The predicted octanol–water partition coefficient (Wildman–Crippen LogP) is 4.50. The molecule has 0 aromatic heterocycles. The fourth-order valence-corrected chi connectivity index (χ4v) is 4.58. The number of carboxylic acid groups (broad SMARTS) is 1. The number of thioether (sulfide) groups is 1. The van der Waals surface area contributed by atoms with Gasteiger partial charge in [0.2, 0.25) is 0 Å². The summed E-state index contributed by atoms with van der Waals surface area (Å²) in [5.74, 6) is 0.123. The first-order valence-electron chi connectivity index (χ1n) is 9.39. The first-order valence-corrected chi connectivity index (χ1v) is 11.3. The lowest BCUT2D eigenvalue weighted by atomic mass is 10.1. The molecule has 1 aliphatic rings. The maximum atomic E-state index is 12.4. The molecule has 1 saturated heterocycles. The summed E-state index contributed by atoms with van der Waals surface area (Å²) in [4.78, 5) is 29.7. The third-order valence-corrected chi connectivity index (χ3v) is 6.36. The van der Waals surface area contributed by atoms with Gasteiger partial charge in [0.25, 0.3) is 5.91 Å². The quantitative estimate of drug-likeness (QED) is 0.402. The molecule has 1 N–H and O–H groups in total. The second kappa shape index (κ2) is 10.2. The Hall–Kier alpha value is -2.53. The number of amides is 1. The Morgan fingerprint density at radius 3 is 2.55 bits per heavy atom. The summed E-state index contributed by atoms with van der Waals surface area (Å²) < 4.78 is 12.6. The fraction of sp³-hybridized carbons (Fsp3) is 0.227. The average molecular weight is 552 g/mol. The lowest BCUT2D eigenvalue weighted by Crippen LogP contribution is -2.23. The third kappa shape index (κ3) is 5.40. The summed E-state index contributed by atoms with van der Waals surface area (Å²) in [5.41, 5.74) is 1.90. The van der Waals surface area contributed by atoms with E-state index in [2.05, 4.69) is 27.6 Å². The van der Waals surface area contributed by atoms with Gasteiger partial charge in [0.15, 0.2) is 16.7 Å². The van der Waals surface area contributed by atoms with E-state index in [0.29, 0.717) is 28.2 Å². The summed E-state index contributed by atoms with van der Waals surface area (Å²) in [5, 5.41) is 9.68. The number of halogens is 1. The molecule has 2 aromatic carbocycles. The van der Waals surface area contributed by atoms with Gasteiger partial charge in [-0.3, -0.25) is 14.7 Å². The first kappa shape index (κ1) is 23.1. The van der Waals surface area contributed by atoms with Gasteiger partial charge in [-0.25, -0.2) is 4.79 Å². The summed E-state index contributed by atoms with van der Waals surface area (Å²) in [6.45, 7) is 2.62. The molecule has 0 unspecified atom stereocenters. The topological polar surface area (TPSA) is 88.4 Å². The number of hydrogen-bond donors (Lipinski definition) is 1. The number of rotatable bonds is 7. The number of aromatic carboxylic acids is 1. The number of ether oxygens (including phenoxy) is 2. The van der Waals surface area contributed by atoms with E-state index in [9.17, 15) is 9.59 Å². The van der Waals surface area contributed by atoms with Crippen LogP contribution in [0.3, 0.4) is 0 Å². The van der Waals surface area contributed by atoms with Gasteiger partial charge in [-0.05, 0) is 82.7 Å². The molecule has 1 fully saturated rings. The molecule has 0 aliphatic carbocycles. The Morgan fingerprint density at radius 2 is 1.97 bits per heavy atom. The summed E-state index contributed by atoms with van der Waals surface area (Å²) in [6.07, 6.45) is 1.82. The number of carbonyl (C=O) groups is 2. The van der Waals surface area contributed by atoms with Crippen LogP contribution in [-0.2, 0) is 11.4 Å². The molecule has 0 atom stereocenters. The van der Waals surface area contributed by atoms with E-state index in [0.717, 1.165) is 14.7 Å². The Morgan fingerprint density at radius 1 is 1.26 bits per heavy atom. The van der Waals surface area contributed by atoms with Crippen LogP contribution in [0, 0.1) is 3.57 Å². The molecule has 0 saturated carbocycles. The van der Waals surface area contributed by atoms with Gasteiger partial charge in [-0.15, -0.1) is 0 Å². The van der Waals surface area contributed by atoms with Gasteiger partial charge < -0.3 is 14.6 Å². The van der Waals surface area contributed by atoms with Gasteiger partial charge in [0, 0.05) is 14.1 Å². The molecular formula is C22H21IN2O5S. The fourth-order valence-electron chi connectivity index (χ4n) is 2.87. The number of likely N-dealkylation sites (N-methyl/N-ethyl adjacent to an activating group) is 1. The van der Waals surface area contributed by atoms with Crippen LogP contribution in [0.5, 0.6) is 11.5 Å². The molecule has 3 rings (SSSR count). The Labute approximate surface area is 198 Å². The van der Waals surface area contributed by atoms with Crippen LogP contribution in [-0.4, -0.2) is 47.8 Å². The maximum Gasteiger partial charge on any atom is 0.335 e. The van der Waals surface area contributed by atoms with Crippen LogP contribution in [0.25, 0.3) is 6.08 Å². The number of carboxylic acids is 1. The lowest BCUT2D eigenvalue weighted by Gasteiger charge is -2.15. The molecule has 0 spiro atoms. The molecule has 1 heterocycles. The van der Waals surface area contributed by atoms with Gasteiger partial charge in [0.05, 0.1) is 20.6 Å². The Balaban J connectivity index is 1.84. The van der Waals surface area contributed by atoms with Gasteiger partial charge in [0.1, 0.15) is 6.61 Å². The van der Waals surface area contributed by atoms with E-state index in [4.69, 9.17) is 14.6 Å². The standard InChI is InChI=1S/C22H21IN2O5S/c1-4-29-17-10-14(11-18-20(26)25(3)22(24-2)31-18)9-16(23)19(17)30-12-13-5-7-15(8-6-13)21(27)28/h5-11H,4,12H2,1-3H3,(H,27,28)/b18-11+,24-22?. The Kier molecular flexibility index (Phi) is 7.60. The van der Waals surface area contributed by atoms with Crippen molar-refractivity contribution in [1.29, 1.82) is 0 Å². The first-order chi connectivity index (χ1) is 14.8. The normalized spacial score (nSPS) is 16.3. The van der Waals surface area contributed by atoms with Crippen LogP contribution < -0.4 is 9.47 Å². The summed E-state index contributed by atoms with van der Waals surface area (Å²) >= 11 is 3.51. The van der Waals surface area contributed by atoms with Crippen LogP contribution in [0.1, 0.15) is 28.4 Å². The largest absolute Gasteiger partial charge is 0.490 e. The highest BCUT2D eigenvalue weighted by Crippen LogP contribution is 2.37. The third-order valence-electron chi connectivity index (χ3n) is 4.41. The van der Waals surface area contributed by atoms with Crippen LogP contribution >= 0.6 is 34.4 Å². The number of amidine groups is 1. The van der Waals surface area contributed by atoms with Crippen molar-refractivity contribution in [3.05, 3.63) is 61.6 Å². The van der Waals surface area contributed by atoms with E-state index < -0.39 is 5.97 Å². The molecule has 2 aromatic rings. The van der Waals surface area contributed by atoms with Crippen molar-refractivity contribution in [3.63, 3.8) is 0 Å². The zero-order valence-electron chi connectivity index (χ0n) is 17.2.